The van der Waals surface area contributed by atoms with Crippen molar-refractivity contribution in [2.45, 2.75) is 28.3 Å². The smallest absolute Gasteiger partial charge is 0.0764 e. The summed E-state index contributed by atoms with van der Waals surface area (Å²) in [6, 6.07) is 69.3. The summed E-state index contributed by atoms with van der Waals surface area (Å²) in [6.07, 6.45) is 0.910. The van der Waals surface area contributed by atoms with Crippen LogP contribution in [0.25, 0.3) is 21.8 Å². The Morgan fingerprint density at radius 2 is 1.09 bits per heavy atom. The normalized spacial score (nSPS) is 13.3. The molecule has 0 unspecified atom stereocenters. The maximum Gasteiger partial charge on any atom is 0.0764 e. The number of hydrogen-bond donors (Lipinski definition) is 2. The van der Waals surface area contributed by atoms with Gasteiger partial charge < -0.3 is 20.9 Å². The van der Waals surface area contributed by atoms with E-state index in [1.807, 2.05) is 36.0 Å². The Labute approximate surface area is 331 Å². The molecule has 4 N–H and O–H groups in total. The van der Waals surface area contributed by atoms with Crippen molar-refractivity contribution in [1.82, 2.24) is 4.57 Å². The van der Waals surface area contributed by atoms with Crippen molar-refractivity contribution in [2.24, 2.45) is 5.73 Å². The summed E-state index contributed by atoms with van der Waals surface area (Å²) in [5.74, 6) is 0. The molecule has 11 rings (SSSR count). The van der Waals surface area contributed by atoms with E-state index in [0.29, 0.717) is 6.67 Å². The lowest BCUT2D eigenvalue weighted by molar-refractivity contribution is 0.690. The van der Waals surface area contributed by atoms with E-state index >= 15 is 0 Å². The molecule has 0 atom stereocenters. The second-order valence-electron chi connectivity index (χ2n) is 14.4. The molecule has 4 nitrogen and oxygen atoms in total. The molecule has 0 aliphatic carbocycles. The number of para-hydroxylation sites is 5. The molecule has 3 heterocycles. The first kappa shape index (κ1) is 34.0. The monoisotopic (exact) mass is 740 g/mol. The molecule has 1 aromatic heterocycles. The van der Waals surface area contributed by atoms with Crippen LogP contribution in [0.2, 0.25) is 0 Å². The largest absolute Gasteiger partial charge is 0.398 e. The third kappa shape index (κ3) is 5.27. The molecule has 56 heavy (non-hydrogen) atoms. The molecule has 0 saturated heterocycles. The lowest BCUT2D eigenvalue weighted by Gasteiger charge is -2.49. The third-order valence-corrected chi connectivity index (χ3v) is 12.6. The molecule has 0 radical (unpaired) electrons. The minimum atomic E-state index is -0.500. The highest BCUT2D eigenvalue weighted by atomic mass is 32.2. The third-order valence-electron chi connectivity index (χ3n) is 11.4. The van der Waals surface area contributed by atoms with Gasteiger partial charge in [0.05, 0.1) is 34.5 Å². The van der Waals surface area contributed by atoms with Crippen LogP contribution in [0.5, 0.6) is 0 Å². The predicted octanol–water partition coefficient (Wildman–Crippen LogP) is 12.2. The van der Waals surface area contributed by atoms with Crippen molar-refractivity contribution in [3.05, 3.63) is 228 Å². The van der Waals surface area contributed by atoms with E-state index in [0.717, 1.165) is 17.8 Å². The lowest BCUT2D eigenvalue weighted by Crippen LogP contribution is -2.39. The number of rotatable bonds is 4. The van der Waals surface area contributed by atoms with Crippen LogP contribution in [0.15, 0.2) is 204 Å². The second kappa shape index (κ2) is 14.0. The van der Waals surface area contributed by atoms with E-state index < -0.39 is 5.41 Å². The van der Waals surface area contributed by atoms with Crippen molar-refractivity contribution in [3.63, 3.8) is 0 Å². The number of aromatic nitrogens is 1. The van der Waals surface area contributed by atoms with Gasteiger partial charge in [-0.05, 0) is 82.3 Å². The molecule has 2 aliphatic heterocycles. The van der Waals surface area contributed by atoms with E-state index in [1.54, 1.807) is 0 Å². The van der Waals surface area contributed by atoms with Crippen LogP contribution < -0.4 is 16.4 Å². The fourth-order valence-corrected chi connectivity index (χ4v) is 10.4. The summed E-state index contributed by atoms with van der Waals surface area (Å²) in [5.41, 5.74) is 26.4. The van der Waals surface area contributed by atoms with Gasteiger partial charge in [-0.25, -0.2) is 0 Å². The second-order valence-corrected chi connectivity index (χ2v) is 15.4. The first-order valence-electron chi connectivity index (χ1n) is 19.1. The molecule has 5 heteroatoms. The summed E-state index contributed by atoms with van der Waals surface area (Å²) in [6.45, 7) is 0.421. The zero-order chi connectivity index (χ0) is 37.6. The Bertz CT molecular complexity index is 2830. The molecular weight excluding hydrogens is 701 g/mol. The van der Waals surface area contributed by atoms with Gasteiger partial charge in [-0.3, -0.25) is 0 Å². The average Bonchev–Trinajstić information content (AvgIpc) is 3.59. The van der Waals surface area contributed by atoms with E-state index in [4.69, 9.17) is 11.5 Å². The Kier molecular flexibility index (Phi) is 8.47. The average molecular weight is 741 g/mol. The predicted molar refractivity (Wildman–Crippen MR) is 234 cm³/mol. The molecule has 0 amide bonds. The maximum absolute atomic E-state index is 6.51. The molecule has 1 spiro atoms. The molecule has 9 aromatic rings. The maximum atomic E-state index is 6.51. The van der Waals surface area contributed by atoms with Crippen molar-refractivity contribution >= 4 is 56.3 Å². The number of benzene rings is 8. The van der Waals surface area contributed by atoms with E-state index in [-0.39, 0.29) is 0 Å². The highest BCUT2D eigenvalue weighted by Gasteiger charge is 2.50. The highest BCUT2D eigenvalue weighted by molar-refractivity contribution is 7.99. The lowest BCUT2D eigenvalue weighted by atomic mass is 9.62. The van der Waals surface area contributed by atoms with Gasteiger partial charge in [-0.2, -0.15) is 0 Å². The Hall–Kier alpha value is -6.53. The molecule has 8 aromatic carbocycles. The van der Waals surface area contributed by atoms with Crippen LogP contribution in [0.4, 0.5) is 22.7 Å². The van der Waals surface area contributed by atoms with Gasteiger partial charge in [0.25, 0.3) is 0 Å². The van der Waals surface area contributed by atoms with Gasteiger partial charge in [0.1, 0.15) is 0 Å². The fourth-order valence-electron chi connectivity index (χ4n) is 9.02. The fraction of sp³-hybridized carbons (Fsp3) is 0.0588. The van der Waals surface area contributed by atoms with Crippen molar-refractivity contribution in [1.29, 1.82) is 0 Å². The van der Waals surface area contributed by atoms with Crippen LogP contribution in [0, 0.1) is 0 Å². The molecule has 0 bridgehead atoms. The minimum Gasteiger partial charge on any atom is -0.398 e. The zero-order valence-corrected chi connectivity index (χ0v) is 31.7. The quantitative estimate of drug-likeness (QED) is 0.176. The van der Waals surface area contributed by atoms with Crippen molar-refractivity contribution < 1.29 is 0 Å². The van der Waals surface area contributed by atoms with E-state index in [9.17, 15) is 0 Å². The summed E-state index contributed by atoms with van der Waals surface area (Å²) < 4.78 is 2.30. The Morgan fingerprint density at radius 3 is 1.80 bits per heavy atom. The van der Waals surface area contributed by atoms with Crippen LogP contribution in [-0.4, -0.2) is 4.57 Å². The number of nitrogen functional groups attached to an aromatic ring is 1. The first-order chi connectivity index (χ1) is 27.7. The van der Waals surface area contributed by atoms with Crippen LogP contribution in [-0.2, 0) is 18.5 Å². The van der Waals surface area contributed by atoms with Crippen molar-refractivity contribution in [2.75, 3.05) is 10.6 Å². The number of nitrogens with two attached hydrogens (primary N) is 2. The minimum absolute atomic E-state index is 0.421. The molecular formula is C51H40N4S. The van der Waals surface area contributed by atoms with Gasteiger partial charge in [0.2, 0.25) is 0 Å². The standard InChI is InChI=1S/C38H27N3S.C13H13N/c39-24-40-32-18-8-4-14-26(32)27-22-23-31-37(36(27)40)42-35-21-11-7-17-30(35)38(31)28-15-5-9-19-33(28)41(25-12-2-1-3-13-25)34-20-10-6-16-29(34)38;14-13-9-5-4-8-12(13)10-11-6-2-1-3-7-11/h1-23H,24,39H2;1-9H,10,14H2. The van der Waals surface area contributed by atoms with Crippen LogP contribution >= 0.6 is 11.8 Å². The van der Waals surface area contributed by atoms with Gasteiger partial charge >= 0.3 is 0 Å². The SMILES string of the molecule is NCn1c2ccccc2c2ccc3c(c21)Sc1ccccc1C31c2ccccc2N(c2ccccc2)c2ccccc21.Nc1ccccc1Cc1ccccc1. The number of anilines is 4. The summed E-state index contributed by atoms with van der Waals surface area (Å²) >= 11 is 1.88. The van der Waals surface area contributed by atoms with Crippen LogP contribution in [0.3, 0.4) is 0 Å². The summed E-state index contributed by atoms with van der Waals surface area (Å²) in [5, 5.41) is 2.49. The van der Waals surface area contributed by atoms with Crippen LogP contribution in [0.1, 0.15) is 33.4 Å². The molecule has 0 fully saturated rings. The van der Waals surface area contributed by atoms with Gasteiger partial charge in [0, 0.05) is 31.9 Å². The first-order valence-corrected chi connectivity index (χ1v) is 19.9. The van der Waals surface area contributed by atoms with Gasteiger partial charge in [-0.15, -0.1) is 0 Å². The van der Waals surface area contributed by atoms with E-state index in [2.05, 4.69) is 179 Å². The topological polar surface area (TPSA) is 60.2 Å². The van der Waals surface area contributed by atoms with Gasteiger partial charge in [-0.1, -0.05) is 163 Å². The van der Waals surface area contributed by atoms with E-state index in [1.165, 1.54) is 76.4 Å². The highest BCUT2D eigenvalue weighted by Crippen LogP contribution is 2.63. The van der Waals surface area contributed by atoms with Gasteiger partial charge in [0.15, 0.2) is 0 Å². The number of hydrogen-bond acceptors (Lipinski definition) is 4. The summed E-state index contributed by atoms with van der Waals surface area (Å²) in [7, 11) is 0. The Morgan fingerprint density at radius 1 is 0.500 bits per heavy atom. The Balaban J connectivity index is 0.000000232. The molecule has 0 saturated carbocycles. The summed E-state index contributed by atoms with van der Waals surface area (Å²) in [4.78, 5) is 4.99. The number of nitrogens with zero attached hydrogens (tertiary/aromatic N) is 2. The molecule has 2 aliphatic rings. The number of fused-ring (bicyclic) bond motifs is 12. The zero-order valence-electron chi connectivity index (χ0n) is 30.8. The van der Waals surface area contributed by atoms with Crippen molar-refractivity contribution in [3.8, 4) is 0 Å². The molecule has 270 valence electrons.